The molecule has 0 aliphatic carbocycles. The predicted molar refractivity (Wildman–Crippen MR) is 83.1 cm³/mol. The molecule has 0 spiro atoms. The summed E-state index contributed by atoms with van der Waals surface area (Å²) < 4.78 is 12.5. The van der Waals surface area contributed by atoms with Crippen molar-refractivity contribution in [2.45, 2.75) is 52.4 Å². The standard InChI is InChI=1S/C15H23N5O3/c1-5-20-14(16-17-15(20)21)13-6-11(22-4)7-19(13)8-12-9(2)18-23-10(12)3/h11,13H,5-8H2,1-4H3,(H,17,21)/t11-,13-/m0/s1. The van der Waals surface area contributed by atoms with Gasteiger partial charge in [0.15, 0.2) is 5.82 Å². The Kier molecular flexibility index (Phi) is 4.36. The van der Waals surface area contributed by atoms with Crippen molar-refractivity contribution >= 4 is 0 Å². The smallest absolute Gasteiger partial charge is 0.343 e. The minimum atomic E-state index is -0.166. The number of nitrogens with one attached hydrogen (secondary N) is 1. The van der Waals surface area contributed by atoms with Crippen LogP contribution in [0.4, 0.5) is 0 Å². The van der Waals surface area contributed by atoms with Crippen molar-refractivity contribution in [3.05, 3.63) is 33.3 Å². The fourth-order valence-corrected chi connectivity index (χ4v) is 3.30. The molecule has 2 atom stereocenters. The molecule has 0 amide bonds. The van der Waals surface area contributed by atoms with Crippen molar-refractivity contribution in [3.63, 3.8) is 0 Å². The fraction of sp³-hybridized carbons (Fsp3) is 0.667. The number of aryl methyl sites for hydroxylation is 2. The number of H-pyrrole nitrogens is 1. The second kappa shape index (κ2) is 6.29. The SMILES string of the molecule is CCn1c([C@@H]2C[C@H](OC)CN2Cc2c(C)noc2C)n[nH]c1=O. The van der Waals surface area contributed by atoms with E-state index in [1.165, 1.54) is 0 Å². The van der Waals surface area contributed by atoms with Crippen LogP contribution in [0.2, 0.25) is 0 Å². The summed E-state index contributed by atoms with van der Waals surface area (Å²) in [7, 11) is 1.72. The van der Waals surface area contributed by atoms with Crippen molar-refractivity contribution in [1.82, 2.24) is 24.8 Å². The van der Waals surface area contributed by atoms with Crippen LogP contribution in [-0.4, -0.2) is 44.6 Å². The van der Waals surface area contributed by atoms with E-state index in [0.29, 0.717) is 13.1 Å². The number of ether oxygens (including phenoxy) is 1. The van der Waals surface area contributed by atoms with Crippen molar-refractivity contribution < 1.29 is 9.26 Å². The van der Waals surface area contributed by atoms with Gasteiger partial charge in [-0.1, -0.05) is 5.16 Å². The van der Waals surface area contributed by atoms with E-state index in [9.17, 15) is 4.79 Å². The molecule has 126 valence electrons. The van der Waals surface area contributed by atoms with Gasteiger partial charge in [0.2, 0.25) is 0 Å². The molecule has 0 unspecified atom stereocenters. The molecule has 1 aliphatic heterocycles. The zero-order valence-corrected chi connectivity index (χ0v) is 14.0. The van der Waals surface area contributed by atoms with Gasteiger partial charge in [-0.15, -0.1) is 0 Å². The van der Waals surface area contributed by atoms with Crippen LogP contribution in [0.5, 0.6) is 0 Å². The molecular formula is C15H23N5O3. The molecule has 0 saturated carbocycles. The Morgan fingerprint density at radius 2 is 2.22 bits per heavy atom. The fourth-order valence-electron chi connectivity index (χ4n) is 3.30. The van der Waals surface area contributed by atoms with E-state index in [-0.39, 0.29) is 17.8 Å². The van der Waals surface area contributed by atoms with Gasteiger partial charge in [0.1, 0.15) is 5.76 Å². The zero-order chi connectivity index (χ0) is 16.6. The number of hydrogen-bond donors (Lipinski definition) is 1. The van der Waals surface area contributed by atoms with Crippen molar-refractivity contribution in [1.29, 1.82) is 0 Å². The van der Waals surface area contributed by atoms with Crippen LogP contribution in [0.3, 0.4) is 0 Å². The number of aromatic amines is 1. The Labute approximate surface area is 134 Å². The zero-order valence-electron chi connectivity index (χ0n) is 14.0. The molecule has 1 fully saturated rings. The number of rotatable bonds is 5. The number of nitrogens with zero attached hydrogens (tertiary/aromatic N) is 4. The normalized spacial score (nSPS) is 22.1. The highest BCUT2D eigenvalue weighted by molar-refractivity contribution is 5.21. The van der Waals surface area contributed by atoms with Crippen LogP contribution in [0.1, 0.15) is 42.2 Å². The van der Waals surface area contributed by atoms with Gasteiger partial charge >= 0.3 is 5.69 Å². The lowest BCUT2D eigenvalue weighted by Gasteiger charge is -2.23. The highest BCUT2D eigenvalue weighted by Crippen LogP contribution is 2.34. The summed E-state index contributed by atoms with van der Waals surface area (Å²) in [6, 6.07) is 0.0348. The monoisotopic (exact) mass is 321 g/mol. The van der Waals surface area contributed by atoms with Gasteiger partial charge in [-0.2, -0.15) is 5.10 Å². The first-order valence-corrected chi connectivity index (χ1v) is 7.88. The summed E-state index contributed by atoms with van der Waals surface area (Å²) in [4.78, 5) is 14.2. The third-order valence-electron chi connectivity index (χ3n) is 4.64. The van der Waals surface area contributed by atoms with Gasteiger partial charge in [-0.05, 0) is 27.2 Å². The van der Waals surface area contributed by atoms with E-state index in [0.717, 1.165) is 35.8 Å². The van der Waals surface area contributed by atoms with Crippen molar-refractivity contribution in [3.8, 4) is 0 Å². The summed E-state index contributed by atoms with van der Waals surface area (Å²) in [6.07, 6.45) is 0.932. The second-order valence-corrected chi connectivity index (χ2v) is 5.97. The highest BCUT2D eigenvalue weighted by Gasteiger charge is 2.37. The molecule has 1 saturated heterocycles. The van der Waals surface area contributed by atoms with Gasteiger partial charge in [0.25, 0.3) is 0 Å². The maximum Gasteiger partial charge on any atom is 0.343 e. The quantitative estimate of drug-likeness (QED) is 0.889. The van der Waals surface area contributed by atoms with E-state index < -0.39 is 0 Å². The molecule has 23 heavy (non-hydrogen) atoms. The minimum Gasteiger partial charge on any atom is -0.380 e. The number of hydrogen-bond acceptors (Lipinski definition) is 6. The summed E-state index contributed by atoms with van der Waals surface area (Å²) in [5.41, 5.74) is 1.82. The summed E-state index contributed by atoms with van der Waals surface area (Å²) in [5, 5.41) is 10.8. The van der Waals surface area contributed by atoms with E-state index in [1.807, 2.05) is 20.8 Å². The van der Waals surface area contributed by atoms with Crippen LogP contribution in [0, 0.1) is 13.8 Å². The molecule has 8 heteroatoms. The Morgan fingerprint density at radius 1 is 1.43 bits per heavy atom. The third-order valence-corrected chi connectivity index (χ3v) is 4.64. The van der Waals surface area contributed by atoms with Crippen LogP contribution < -0.4 is 5.69 Å². The van der Waals surface area contributed by atoms with Crippen molar-refractivity contribution in [2.24, 2.45) is 0 Å². The number of methoxy groups -OCH3 is 1. The molecule has 3 heterocycles. The molecule has 3 rings (SSSR count). The van der Waals surface area contributed by atoms with Gasteiger partial charge in [0.05, 0.1) is 17.8 Å². The molecule has 2 aromatic rings. The van der Waals surface area contributed by atoms with Crippen LogP contribution in [-0.2, 0) is 17.8 Å². The number of aromatic nitrogens is 4. The van der Waals surface area contributed by atoms with Crippen LogP contribution in [0.15, 0.2) is 9.32 Å². The Morgan fingerprint density at radius 3 is 2.83 bits per heavy atom. The molecule has 1 aliphatic rings. The average molecular weight is 321 g/mol. The Hall–Kier alpha value is -1.93. The highest BCUT2D eigenvalue weighted by atomic mass is 16.5. The van der Waals surface area contributed by atoms with Gasteiger partial charge in [0, 0.05) is 32.3 Å². The van der Waals surface area contributed by atoms with Crippen LogP contribution >= 0.6 is 0 Å². The van der Waals surface area contributed by atoms with E-state index in [1.54, 1.807) is 11.7 Å². The first kappa shape index (κ1) is 15.9. The van der Waals surface area contributed by atoms with E-state index in [4.69, 9.17) is 9.26 Å². The summed E-state index contributed by atoms with van der Waals surface area (Å²) in [6.45, 7) is 7.90. The van der Waals surface area contributed by atoms with Gasteiger partial charge < -0.3 is 9.26 Å². The molecule has 0 aromatic carbocycles. The molecule has 8 nitrogen and oxygen atoms in total. The summed E-state index contributed by atoms with van der Waals surface area (Å²) in [5.74, 6) is 1.60. The van der Waals surface area contributed by atoms with E-state index >= 15 is 0 Å². The minimum absolute atomic E-state index is 0.0348. The average Bonchev–Trinajstić information content (AvgIpc) is 3.20. The van der Waals surface area contributed by atoms with Crippen molar-refractivity contribution in [2.75, 3.05) is 13.7 Å². The van der Waals surface area contributed by atoms with Crippen LogP contribution in [0.25, 0.3) is 0 Å². The molecule has 1 N–H and O–H groups in total. The maximum atomic E-state index is 11.9. The lowest BCUT2D eigenvalue weighted by atomic mass is 10.1. The first-order chi connectivity index (χ1) is 11.0. The Bertz CT molecular complexity index is 712. The molecule has 0 radical (unpaired) electrons. The lowest BCUT2D eigenvalue weighted by Crippen LogP contribution is -2.28. The topological polar surface area (TPSA) is 89.2 Å². The predicted octanol–water partition coefficient (Wildman–Crippen LogP) is 1.16. The maximum absolute atomic E-state index is 11.9. The lowest BCUT2D eigenvalue weighted by molar-refractivity contribution is 0.107. The first-order valence-electron chi connectivity index (χ1n) is 7.88. The van der Waals surface area contributed by atoms with Gasteiger partial charge in [-0.3, -0.25) is 9.47 Å². The summed E-state index contributed by atoms with van der Waals surface area (Å²) >= 11 is 0. The molecule has 2 aromatic heterocycles. The number of likely N-dealkylation sites (tertiary alicyclic amines) is 1. The van der Waals surface area contributed by atoms with E-state index in [2.05, 4.69) is 20.3 Å². The molecule has 0 bridgehead atoms. The second-order valence-electron chi connectivity index (χ2n) is 5.97. The molecular weight excluding hydrogens is 298 g/mol. The largest absolute Gasteiger partial charge is 0.380 e. The Balaban J connectivity index is 1.92. The third kappa shape index (κ3) is 2.84. The van der Waals surface area contributed by atoms with Gasteiger partial charge in [-0.25, -0.2) is 9.89 Å².